The summed E-state index contributed by atoms with van der Waals surface area (Å²) in [7, 11) is 0. The molecule has 0 saturated carbocycles. The summed E-state index contributed by atoms with van der Waals surface area (Å²) in [6, 6.07) is 15.2. The molecule has 0 heterocycles. The van der Waals surface area contributed by atoms with Crippen molar-refractivity contribution in [3.63, 3.8) is 0 Å². The lowest BCUT2D eigenvalue weighted by Crippen LogP contribution is -1.93. The van der Waals surface area contributed by atoms with Crippen molar-refractivity contribution in [2.75, 3.05) is 5.73 Å². The van der Waals surface area contributed by atoms with Crippen molar-refractivity contribution in [2.24, 2.45) is 0 Å². The number of anilines is 1. The first-order chi connectivity index (χ1) is 9.15. The Kier molecular flexibility index (Phi) is 4.71. The first kappa shape index (κ1) is 13.8. The number of nitrogens with two attached hydrogens (primary N) is 1. The second kappa shape index (κ2) is 6.50. The first-order valence-electron chi connectivity index (χ1n) is 6.19. The van der Waals surface area contributed by atoms with Gasteiger partial charge in [-0.25, -0.2) is 4.21 Å². The standard InChI is InChI=1S/C15H17NO2S/c16-14-8-4-12(5-9-14)2-1-3-13-6-10-15(11-7-13)19(17)18/h4-11H,1-3,16H2,(H,17,18). The van der Waals surface area contributed by atoms with Crippen molar-refractivity contribution in [3.8, 4) is 0 Å². The van der Waals surface area contributed by atoms with Gasteiger partial charge < -0.3 is 10.3 Å². The molecule has 0 fully saturated rings. The van der Waals surface area contributed by atoms with Gasteiger partial charge in [-0.1, -0.05) is 24.3 Å². The van der Waals surface area contributed by atoms with Crippen molar-refractivity contribution >= 4 is 16.8 Å². The average molecular weight is 275 g/mol. The Morgan fingerprint density at radius 1 is 0.895 bits per heavy atom. The highest BCUT2D eigenvalue weighted by Crippen LogP contribution is 2.12. The van der Waals surface area contributed by atoms with E-state index in [2.05, 4.69) is 0 Å². The second-order valence-corrected chi connectivity index (χ2v) is 5.46. The molecule has 19 heavy (non-hydrogen) atoms. The largest absolute Gasteiger partial charge is 0.399 e. The summed E-state index contributed by atoms with van der Waals surface area (Å²) in [6.45, 7) is 0. The Balaban J connectivity index is 1.85. The molecule has 3 nitrogen and oxygen atoms in total. The maximum absolute atomic E-state index is 10.8. The van der Waals surface area contributed by atoms with Gasteiger partial charge in [-0.3, -0.25) is 0 Å². The van der Waals surface area contributed by atoms with E-state index in [1.54, 1.807) is 12.1 Å². The zero-order valence-electron chi connectivity index (χ0n) is 10.6. The molecule has 100 valence electrons. The lowest BCUT2D eigenvalue weighted by Gasteiger charge is -2.03. The molecule has 0 aliphatic heterocycles. The van der Waals surface area contributed by atoms with Crippen LogP contribution < -0.4 is 5.73 Å². The van der Waals surface area contributed by atoms with E-state index in [1.807, 2.05) is 36.4 Å². The fourth-order valence-corrected chi connectivity index (χ4v) is 2.32. The molecule has 1 unspecified atom stereocenters. The summed E-state index contributed by atoms with van der Waals surface area (Å²) in [5.41, 5.74) is 8.89. The fourth-order valence-electron chi connectivity index (χ4n) is 1.95. The fraction of sp³-hybridized carbons (Fsp3) is 0.200. The van der Waals surface area contributed by atoms with Gasteiger partial charge in [-0.15, -0.1) is 0 Å². The van der Waals surface area contributed by atoms with Gasteiger partial charge in [0.2, 0.25) is 0 Å². The molecule has 0 aliphatic rings. The topological polar surface area (TPSA) is 63.3 Å². The van der Waals surface area contributed by atoms with E-state index >= 15 is 0 Å². The highest BCUT2D eigenvalue weighted by Gasteiger charge is 2.00. The van der Waals surface area contributed by atoms with Crippen LogP contribution in [0.3, 0.4) is 0 Å². The maximum atomic E-state index is 10.8. The quantitative estimate of drug-likeness (QED) is 0.651. The molecule has 1 atom stereocenters. The summed E-state index contributed by atoms with van der Waals surface area (Å²) in [6.07, 6.45) is 3.02. The van der Waals surface area contributed by atoms with Crippen LogP contribution in [-0.4, -0.2) is 8.76 Å². The third-order valence-electron chi connectivity index (χ3n) is 3.04. The number of hydrogen-bond donors (Lipinski definition) is 2. The Morgan fingerprint density at radius 3 is 1.84 bits per heavy atom. The van der Waals surface area contributed by atoms with E-state index in [0.717, 1.165) is 24.9 Å². The van der Waals surface area contributed by atoms with Crippen LogP contribution in [0.5, 0.6) is 0 Å². The monoisotopic (exact) mass is 275 g/mol. The van der Waals surface area contributed by atoms with Crippen molar-refractivity contribution < 1.29 is 8.76 Å². The lowest BCUT2D eigenvalue weighted by atomic mass is 10.0. The summed E-state index contributed by atoms with van der Waals surface area (Å²) in [4.78, 5) is 0.447. The van der Waals surface area contributed by atoms with Gasteiger partial charge in [0.05, 0.1) is 4.90 Å². The molecule has 2 aromatic carbocycles. The molecule has 0 aromatic heterocycles. The molecule has 0 amide bonds. The molecular weight excluding hydrogens is 258 g/mol. The minimum absolute atomic E-state index is 0.447. The highest BCUT2D eigenvalue weighted by molar-refractivity contribution is 7.79. The van der Waals surface area contributed by atoms with E-state index in [0.29, 0.717) is 4.90 Å². The van der Waals surface area contributed by atoms with Gasteiger partial charge >= 0.3 is 0 Å². The minimum Gasteiger partial charge on any atom is -0.399 e. The van der Waals surface area contributed by atoms with E-state index in [9.17, 15) is 4.21 Å². The van der Waals surface area contributed by atoms with E-state index in [-0.39, 0.29) is 0 Å². The van der Waals surface area contributed by atoms with Crippen LogP contribution >= 0.6 is 0 Å². The molecule has 0 spiro atoms. The summed E-state index contributed by atoms with van der Waals surface area (Å²) < 4.78 is 19.8. The number of benzene rings is 2. The Hall–Kier alpha value is -1.65. The predicted molar refractivity (Wildman–Crippen MR) is 78.4 cm³/mol. The van der Waals surface area contributed by atoms with E-state index < -0.39 is 11.1 Å². The van der Waals surface area contributed by atoms with Gasteiger partial charge in [-0.2, -0.15) is 0 Å². The smallest absolute Gasteiger partial charge is 0.186 e. The second-order valence-electron chi connectivity index (χ2n) is 4.49. The Morgan fingerprint density at radius 2 is 1.37 bits per heavy atom. The van der Waals surface area contributed by atoms with Crippen molar-refractivity contribution in [1.29, 1.82) is 0 Å². The van der Waals surface area contributed by atoms with E-state index in [1.165, 1.54) is 11.1 Å². The van der Waals surface area contributed by atoms with Gasteiger partial charge in [0.25, 0.3) is 0 Å². The first-order valence-corrected chi connectivity index (χ1v) is 7.30. The predicted octanol–water partition coefficient (Wildman–Crippen LogP) is 3.02. The Labute approximate surface area is 115 Å². The molecular formula is C15H17NO2S. The summed E-state index contributed by atoms with van der Waals surface area (Å²) in [5.74, 6) is 0. The van der Waals surface area contributed by atoms with Crippen LogP contribution in [0.1, 0.15) is 17.5 Å². The van der Waals surface area contributed by atoms with Crippen LogP contribution in [0.15, 0.2) is 53.4 Å². The minimum atomic E-state index is -1.89. The van der Waals surface area contributed by atoms with Crippen molar-refractivity contribution in [2.45, 2.75) is 24.2 Å². The molecule has 0 bridgehead atoms. The zero-order chi connectivity index (χ0) is 13.7. The number of aryl methyl sites for hydroxylation is 2. The molecule has 3 N–H and O–H groups in total. The number of rotatable bonds is 5. The molecule has 0 saturated heterocycles. The van der Waals surface area contributed by atoms with Crippen LogP contribution in [0.25, 0.3) is 0 Å². The molecule has 0 aliphatic carbocycles. The third kappa shape index (κ3) is 4.19. The Bertz CT molecular complexity index is 549. The lowest BCUT2D eigenvalue weighted by molar-refractivity contribution is 0.564. The van der Waals surface area contributed by atoms with Gasteiger partial charge in [0, 0.05) is 5.69 Å². The molecule has 4 heteroatoms. The average Bonchev–Trinajstić information content (AvgIpc) is 2.41. The normalized spacial score (nSPS) is 12.3. The SMILES string of the molecule is Nc1ccc(CCCc2ccc(S(=O)O)cc2)cc1. The summed E-state index contributed by atoms with van der Waals surface area (Å²) >= 11 is -1.89. The zero-order valence-corrected chi connectivity index (χ0v) is 11.4. The van der Waals surface area contributed by atoms with Gasteiger partial charge in [0.15, 0.2) is 11.1 Å². The summed E-state index contributed by atoms with van der Waals surface area (Å²) in [5, 5.41) is 0. The van der Waals surface area contributed by atoms with Crippen LogP contribution in [0.2, 0.25) is 0 Å². The number of nitrogen functional groups attached to an aromatic ring is 1. The van der Waals surface area contributed by atoms with Crippen molar-refractivity contribution in [3.05, 3.63) is 59.7 Å². The molecule has 2 aromatic rings. The highest BCUT2D eigenvalue weighted by atomic mass is 32.2. The maximum Gasteiger partial charge on any atom is 0.186 e. The van der Waals surface area contributed by atoms with E-state index in [4.69, 9.17) is 10.3 Å². The van der Waals surface area contributed by atoms with Crippen LogP contribution in [-0.2, 0) is 23.9 Å². The van der Waals surface area contributed by atoms with Crippen molar-refractivity contribution in [1.82, 2.24) is 0 Å². The third-order valence-corrected chi connectivity index (χ3v) is 3.71. The molecule has 2 rings (SSSR count). The van der Waals surface area contributed by atoms with Crippen LogP contribution in [0.4, 0.5) is 5.69 Å². The van der Waals surface area contributed by atoms with Gasteiger partial charge in [0.1, 0.15) is 0 Å². The number of hydrogen-bond acceptors (Lipinski definition) is 2. The molecule has 0 radical (unpaired) electrons. The van der Waals surface area contributed by atoms with Crippen LogP contribution in [0, 0.1) is 0 Å². The van der Waals surface area contributed by atoms with Gasteiger partial charge in [-0.05, 0) is 54.7 Å².